The first-order valence-electron chi connectivity index (χ1n) is 10.5. The molecule has 12 atom stereocenters. The Bertz CT molecular complexity index is 947. The second kappa shape index (κ2) is 5.29. The van der Waals surface area contributed by atoms with Crippen LogP contribution in [-0.4, -0.2) is 49.9 Å². The highest BCUT2D eigenvalue weighted by molar-refractivity contribution is 6.08. The minimum absolute atomic E-state index is 0.0255. The zero-order valence-electron chi connectivity index (χ0n) is 16.3. The fraction of sp³-hybridized carbons (Fsp3) is 0.636. The van der Waals surface area contributed by atoms with E-state index in [1.54, 1.807) is 0 Å². The van der Waals surface area contributed by atoms with Crippen molar-refractivity contribution >= 4 is 23.5 Å². The van der Waals surface area contributed by atoms with Gasteiger partial charge in [0.05, 0.1) is 26.1 Å². The first-order valence-corrected chi connectivity index (χ1v) is 10.5. The Morgan fingerprint density at radius 1 is 0.700 bits per heavy atom. The highest BCUT2D eigenvalue weighted by Crippen LogP contribution is 2.77. The number of methoxy groups -OCH3 is 2. The van der Waals surface area contributed by atoms with Crippen molar-refractivity contribution in [3.05, 3.63) is 23.3 Å². The summed E-state index contributed by atoms with van der Waals surface area (Å²) in [4.78, 5) is 62.1. The van der Waals surface area contributed by atoms with Crippen molar-refractivity contribution < 1.29 is 38.4 Å². The van der Waals surface area contributed by atoms with Gasteiger partial charge in [-0.15, -0.1) is 0 Å². The molecule has 1 saturated heterocycles. The first kappa shape index (κ1) is 17.4. The van der Waals surface area contributed by atoms with Crippen LogP contribution in [0, 0.1) is 59.2 Å². The molecule has 0 aromatic carbocycles. The maximum absolute atomic E-state index is 12.9. The van der Waals surface area contributed by atoms with Crippen molar-refractivity contribution in [2.45, 2.75) is 12.2 Å². The van der Waals surface area contributed by atoms with E-state index in [2.05, 4.69) is 0 Å². The van der Waals surface area contributed by atoms with Gasteiger partial charge in [-0.2, -0.15) is 0 Å². The van der Waals surface area contributed by atoms with Gasteiger partial charge < -0.3 is 9.47 Å². The van der Waals surface area contributed by atoms with Crippen molar-refractivity contribution in [2.24, 2.45) is 59.2 Å². The van der Waals surface area contributed by atoms with Crippen LogP contribution in [0.5, 0.6) is 0 Å². The molecule has 9 rings (SSSR count). The van der Waals surface area contributed by atoms with E-state index in [-0.39, 0.29) is 70.8 Å². The topological polar surface area (TPSA) is 105 Å². The number of esters is 2. The van der Waals surface area contributed by atoms with Crippen molar-refractivity contribution in [3.63, 3.8) is 0 Å². The Hall–Kier alpha value is -2.32. The lowest BCUT2D eigenvalue weighted by molar-refractivity contribution is -0.376. The summed E-state index contributed by atoms with van der Waals surface area (Å²) in [5, 5.41) is 0. The van der Waals surface area contributed by atoms with Crippen LogP contribution in [0.15, 0.2) is 23.3 Å². The normalized spacial score (nSPS) is 52.9. The number of rotatable bonds is 2. The van der Waals surface area contributed by atoms with E-state index in [1.807, 2.05) is 0 Å². The smallest absolute Gasteiger partial charge is 0.309 e. The van der Waals surface area contributed by atoms with Gasteiger partial charge in [0.1, 0.15) is 12.2 Å². The van der Waals surface area contributed by atoms with E-state index >= 15 is 0 Å². The van der Waals surface area contributed by atoms with E-state index in [4.69, 9.17) is 19.2 Å². The third kappa shape index (κ3) is 1.71. The number of carbonyl (C=O) groups excluding carboxylic acids is 4. The zero-order valence-corrected chi connectivity index (χ0v) is 16.3. The van der Waals surface area contributed by atoms with Crippen molar-refractivity contribution in [3.8, 4) is 0 Å². The summed E-state index contributed by atoms with van der Waals surface area (Å²) < 4.78 is 10.0. The molecule has 8 nitrogen and oxygen atoms in total. The summed E-state index contributed by atoms with van der Waals surface area (Å²) in [5.74, 6) is -2.85. The molecule has 0 N–H and O–H groups in total. The van der Waals surface area contributed by atoms with Gasteiger partial charge in [0, 0.05) is 23.7 Å². The maximum Gasteiger partial charge on any atom is 0.309 e. The quantitative estimate of drug-likeness (QED) is 0.362. The third-order valence-corrected chi connectivity index (χ3v) is 8.90. The number of hydrogen-bond donors (Lipinski definition) is 0. The second-order valence-corrected chi connectivity index (χ2v) is 9.59. The van der Waals surface area contributed by atoms with Crippen LogP contribution in [0.4, 0.5) is 0 Å². The fourth-order valence-corrected chi connectivity index (χ4v) is 8.01. The van der Waals surface area contributed by atoms with Gasteiger partial charge in [0.25, 0.3) is 0 Å². The summed E-state index contributed by atoms with van der Waals surface area (Å²) in [6.45, 7) is 0. The van der Waals surface area contributed by atoms with Crippen molar-refractivity contribution in [1.82, 2.24) is 0 Å². The molecule has 3 saturated carbocycles. The Labute approximate surface area is 171 Å². The molecule has 0 radical (unpaired) electrons. The summed E-state index contributed by atoms with van der Waals surface area (Å²) in [7, 11) is 2.75. The van der Waals surface area contributed by atoms with Gasteiger partial charge in [-0.1, -0.05) is 0 Å². The number of allylic oxidation sites excluding steroid dienone is 2. The van der Waals surface area contributed by atoms with E-state index in [0.29, 0.717) is 0 Å². The summed E-state index contributed by atoms with van der Waals surface area (Å²) in [6, 6.07) is 0. The van der Waals surface area contributed by atoms with Crippen molar-refractivity contribution in [2.75, 3.05) is 14.2 Å². The Morgan fingerprint density at radius 2 is 1.10 bits per heavy atom. The van der Waals surface area contributed by atoms with Crippen molar-refractivity contribution in [1.29, 1.82) is 0 Å². The lowest BCUT2D eigenvalue weighted by Crippen LogP contribution is -2.58. The van der Waals surface area contributed by atoms with Crippen LogP contribution >= 0.6 is 0 Å². The molecular formula is C22H20O8. The molecule has 0 aromatic rings. The molecule has 8 heteroatoms. The lowest BCUT2D eigenvalue weighted by atomic mass is 9.50. The fourth-order valence-electron chi connectivity index (χ4n) is 8.01. The SMILES string of the molecule is COC(=O)C1[C@@H]2[C@@H]3C4=C([C@@H]([C@H]5C(=O)C=CC(=O)[C@H]53)[C@H]12)[C@@H]1OO[C@H]4[C@@H]2C(C(=O)OC)[C@@H]21. The molecule has 9 aliphatic rings. The highest BCUT2D eigenvalue weighted by Gasteiger charge is 2.81. The minimum atomic E-state index is -0.473. The molecule has 30 heavy (non-hydrogen) atoms. The van der Waals surface area contributed by atoms with Gasteiger partial charge in [-0.3, -0.25) is 19.2 Å². The van der Waals surface area contributed by atoms with E-state index in [1.165, 1.54) is 26.4 Å². The molecule has 2 unspecified atom stereocenters. The average Bonchev–Trinajstić information content (AvgIpc) is 3.67. The molecular weight excluding hydrogens is 392 g/mol. The van der Waals surface area contributed by atoms with Gasteiger partial charge in [-0.25, -0.2) is 9.78 Å². The predicted octanol–water partition coefficient (Wildman–Crippen LogP) is 0.266. The van der Waals surface area contributed by atoms with Crippen LogP contribution in [0.1, 0.15) is 0 Å². The van der Waals surface area contributed by atoms with Gasteiger partial charge in [-0.05, 0) is 47.0 Å². The van der Waals surface area contributed by atoms with Crippen LogP contribution < -0.4 is 0 Å². The van der Waals surface area contributed by atoms with E-state index in [9.17, 15) is 19.2 Å². The molecule has 4 bridgehead atoms. The largest absolute Gasteiger partial charge is 0.469 e. The van der Waals surface area contributed by atoms with Gasteiger partial charge >= 0.3 is 11.9 Å². The molecule has 2 heterocycles. The Kier molecular flexibility index (Phi) is 3.06. The number of ketones is 2. The zero-order chi connectivity index (χ0) is 20.6. The maximum atomic E-state index is 12.9. The van der Waals surface area contributed by atoms with Crippen LogP contribution in [0.3, 0.4) is 0 Å². The Balaban J connectivity index is 1.38. The second-order valence-electron chi connectivity index (χ2n) is 9.59. The summed E-state index contributed by atoms with van der Waals surface area (Å²) in [6.07, 6.45) is 1.90. The molecule has 0 amide bonds. The summed E-state index contributed by atoms with van der Waals surface area (Å²) in [5.41, 5.74) is 2.02. The third-order valence-electron chi connectivity index (χ3n) is 8.90. The van der Waals surface area contributed by atoms with Crippen LogP contribution in [0.2, 0.25) is 0 Å². The van der Waals surface area contributed by atoms with E-state index in [0.717, 1.165) is 11.1 Å². The Morgan fingerprint density at radius 3 is 1.50 bits per heavy atom. The number of ether oxygens (including phenoxy) is 2. The predicted molar refractivity (Wildman–Crippen MR) is 94.9 cm³/mol. The standard InChI is InChI=1S/C22H20O8/c1-27-21(25)17-11-9-7-5(23)3-4-6(24)8(7)10(12(11)17)14-13(9)19-15-16(20(14)30-29-19)18(15)22(26)28-2/h3-4,7-12,15-20H,1-2H3/t7-,8+,9-,10+,11-,12+,15+,16-,17?,18?,19-,20+. The van der Waals surface area contributed by atoms with Gasteiger partial charge in [0.2, 0.25) is 0 Å². The lowest BCUT2D eigenvalue weighted by Gasteiger charge is -2.55. The average molecular weight is 412 g/mol. The minimum Gasteiger partial charge on any atom is -0.469 e. The highest BCUT2D eigenvalue weighted by atomic mass is 17.2. The molecule has 156 valence electrons. The number of fused-ring (bicyclic) bond motifs is 1. The molecule has 0 aromatic heterocycles. The van der Waals surface area contributed by atoms with Gasteiger partial charge in [0.15, 0.2) is 11.6 Å². The number of carbonyl (C=O) groups is 4. The molecule has 2 aliphatic heterocycles. The number of hydrogen-bond acceptors (Lipinski definition) is 8. The molecule has 0 spiro atoms. The molecule has 4 fully saturated rings. The first-order chi connectivity index (χ1) is 14.5. The van der Waals surface area contributed by atoms with Crippen LogP contribution in [-0.2, 0) is 38.4 Å². The summed E-state index contributed by atoms with van der Waals surface area (Å²) >= 11 is 0. The van der Waals surface area contributed by atoms with E-state index < -0.39 is 24.0 Å². The monoisotopic (exact) mass is 412 g/mol. The van der Waals surface area contributed by atoms with Crippen LogP contribution in [0.25, 0.3) is 0 Å². The molecule has 7 aliphatic carbocycles.